The molecule has 0 bridgehead atoms. The maximum atomic E-state index is 14.5. The first-order valence-electron chi connectivity index (χ1n) is 27.0. The first-order valence-corrected chi connectivity index (χ1v) is 41.7. The van der Waals surface area contributed by atoms with Crippen LogP contribution in [0, 0.1) is 42.8 Å². The quantitative estimate of drug-likeness (QED) is 0.0215. The van der Waals surface area contributed by atoms with Gasteiger partial charge in [0.05, 0.1) is 36.2 Å². The van der Waals surface area contributed by atoms with Crippen molar-refractivity contribution in [2.75, 3.05) is 17.2 Å². The van der Waals surface area contributed by atoms with E-state index in [1.165, 1.54) is 33.9 Å². The van der Waals surface area contributed by atoms with Crippen LogP contribution in [-0.2, 0) is 94.7 Å². The molecule has 0 radical (unpaired) electrons. The molecule has 21 atom stereocenters. The zero-order valence-corrected chi connectivity index (χ0v) is 61.8. The lowest BCUT2D eigenvalue weighted by atomic mass is 9.97. The summed E-state index contributed by atoms with van der Waals surface area (Å²) in [6.45, 7) is 3.16. The predicted molar refractivity (Wildman–Crippen MR) is 344 cm³/mol. The number of phosphoric acid groups is 9. The van der Waals surface area contributed by atoms with E-state index in [1.807, 2.05) is 5.92 Å². The lowest BCUT2D eigenvalue weighted by Gasteiger charge is -2.26. The van der Waals surface area contributed by atoms with Gasteiger partial charge in [0.25, 0.3) is 11.1 Å². The Labute approximate surface area is 596 Å². The van der Waals surface area contributed by atoms with E-state index in [2.05, 4.69) is 81.6 Å². The number of nitrogens with one attached hydrogen (secondary N) is 2. The maximum absolute atomic E-state index is 14.5. The first-order chi connectivity index (χ1) is 47.7. The molecule has 0 spiro atoms. The molecule has 3 saturated heterocycles. The number of halogens is 4. The van der Waals surface area contributed by atoms with Gasteiger partial charge in [-0.25, -0.2) is 55.4 Å². The SMILES string of the molecule is C#CC1(Cl)[C@@H](O)[C@@H]([C@@H](C)OP(=O)(O)OP(=O)(O)OP(=O)(O)O)O[C@H]1n1cc(F)c2c(=O)[nH]c(N)nc21.C#CC1(Cl)[C@@H](O)[C@@H]([C@@H](C)OP(=O)(O)OP(=O)(O)OP(=O)(O)O)O[C@H]1n1ccc2c(=O)[nH]c(N)nc21.C#CC1(Cl)[C@@H](O)[C@@H]([C@@H](C)OP(=O)(O)OP(=O)(O)OP(=O)(O)O)O[C@H]1n1cnc2cnc(N)nc21. The molecule has 23 N–H and O–H groups in total. The number of ether oxygens (including phenoxy) is 3. The van der Waals surface area contributed by atoms with Crippen LogP contribution in [0.2, 0.25) is 0 Å². The van der Waals surface area contributed by atoms with Crippen LogP contribution in [0.4, 0.5) is 22.2 Å². The van der Waals surface area contributed by atoms with Crippen molar-refractivity contribution in [3.8, 4) is 37.0 Å². The van der Waals surface area contributed by atoms with E-state index in [0.717, 1.165) is 31.5 Å². The number of aliphatic hydroxyl groups excluding tert-OH is 3. The van der Waals surface area contributed by atoms with Crippen molar-refractivity contribution in [1.29, 1.82) is 0 Å². The number of aromatic nitrogens is 10. The number of aromatic amines is 2. The van der Waals surface area contributed by atoms with Gasteiger partial charge in [-0.3, -0.25) is 42.3 Å². The average molecular weight is 1740 g/mol. The van der Waals surface area contributed by atoms with Crippen LogP contribution in [0.15, 0.2) is 40.6 Å². The maximum Gasteiger partial charge on any atom is 0.490 e. The lowest BCUT2D eigenvalue weighted by Crippen LogP contribution is -2.43. The van der Waals surface area contributed by atoms with Crippen LogP contribution in [-0.4, -0.2) is 192 Å². The number of rotatable bonds is 24. The summed E-state index contributed by atoms with van der Waals surface area (Å²) < 4.78 is 174. The van der Waals surface area contributed by atoms with Gasteiger partial charge in [0.2, 0.25) is 17.8 Å². The van der Waals surface area contributed by atoms with Gasteiger partial charge < -0.3 is 110 Å². The Bertz CT molecular complexity index is 5080. The van der Waals surface area contributed by atoms with Crippen LogP contribution in [0.5, 0.6) is 0 Å². The van der Waals surface area contributed by atoms with Crippen LogP contribution in [0.25, 0.3) is 33.2 Å². The van der Waals surface area contributed by atoms with Crippen molar-refractivity contribution >= 4 is 156 Å². The number of terminal acetylenes is 3. The molecule has 105 heavy (non-hydrogen) atoms. The monoisotopic (exact) mass is 1740 g/mol. The Morgan fingerprint density at radius 2 is 0.886 bits per heavy atom. The highest BCUT2D eigenvalue weighted by Gasteiger charge is 2.62. The van der Waals surface area contributed by atoms with Crippen molar-refractivity contribution < 1.29 is 173 Å². The normalized spacial score (nSPS) is 29.4. The fourth-order valence-corrected chi connectivity index (χ4v) is 20.2. The minimum absolute atomic E-state index is 0.0232. The number of imidazole rings is 1. The molecule has 6 aromatic rings. The summed E-state index contributed by atoms with van der Waals surface area (Å²) >= 11 is 19.3. The van der Waals surface area contributed by atoms with Gasteiger partial charge in [0.1, 0.15) is 47.5 Å². The van der Waals surface area contributed by atoms with Crippen LogP contribution in [0.1, 0.15) is 39.5 Å². The first kappa shape index (κ1) is 87.5. The summed E-state index contributed by atoms with van der Waals surface area (Å²) in [4.78, 5) is 151. The summed E-state index contributed by atoms with van der Waals surface area (Å²) in [5.41, 5.74) is 15.1. The molecule has 0 amide bonds. The second-order valence-electron chi connectivity index (χ2n) is 21.2. The Morgan fingerprint density at radius 1 is 0.533 bits per heavy atom. The third-order valence-electron chi connectivity index (χ3n) is 13.7. The summed E-state index contributed by atoms with van der Waals surface area (Å²) in [5, 5.41) is 31.8. The number of nitrogens with zero attached hydrogens (tertiary/aromatic N) is 8. The topological polar surface area (TPSA) is 791 Å². The Morgan fingerprint density at radius 3 is 1.26 bits per heavy atom. The molecule has 3 aliphatic heterocycles. The van der Waals surface area contributed by atoms with Crippen LogP contribution in [0.3, 0.4) is 0 Å². The molecular formula is C41H52Cl3FN13O38P9. The Balaban J connectivity index is 0.000000220. The summed E-state index contributed by atoms with van der Waals surface area (Å²) in [5.74, 6) is 4.50. The minimum Gasteiger partial charge on any atom is -0.387 e. The fourth-order valence-electron chi connectivity index (χ4n) is 9.77. The van der Waals surface area contributed by atoms with E-state index < -0.39 is 187 Å². The second kappa shape index (κ2) is 31.2. The predicted octanol–water partition coefficient (Wildman–Crippen LogP) is -0.0361. The van der Waals surface area contributed by atoms with Crippen molar-refractivity contribution in [1.82, 2.24) is 48.6 Å². The van der Waals surface area contributed by atoms with Crippen molar-refractivity contribution in [3.05, 3.63) is 57.5 Å². The Kier molecular flexibility index (Phi) is 26.0. The summed E-state index contributed by atoms with van der Waals surface area (Å²) in [7, 11) is -50.9. The van der Waals surface area contributed by atoms with Gasteiger partial charge in [-0.1, -0.05) is 52.6 Å². The van der Waals surface area contributed by atoms with Gasteiger partial charge >= 0.3 is 70.4 Å². The van der Waals surface area contributed by atoms with E-state index in [9.17, 15) is 99.7 Å². The second-order valence-corrected chi connectivity index (χ2v) is 36.2. The van der Waals surface area contributed by atoms with Gasteiger partial charge in [0.15, 0.2) is 56.1 Å². The number of H-pyrrole nitrogens is 2. The molecule has 3 aliphatic rings. The molecule has 582 valence electrons. The minimum atomic E-state index is -5.83. The number of nitrogens with two attached hydrogens (primary N) is 3. The van der Waals surface area contributed by atoms with Gasteiger partial charge in [-0.15, -0.1) is 19.3 Å². The molecule has 64 heteroatoms. The van der Waals surface area contributed by atoms with Gasteiger partial charge in [0, 0.05) is 12.4 Å². The highest BCUT2D eigenvalue weighted by atomic mass is 35.5. The molecule has 6 aromatic heterocycles. The molecular weight excluding hydrogens is 1690 g/mol. The smallest absolute Gasteiger partial charge is 0.387 e. The standard InChI is InChI=1S/C14H17ClFN4O13P3.C14H18ClN4O13P3.C13H17ClN5O12P3/c1-3-14(15)9(21)8(5(2)31-35(26,27)33-36(28,29)32-34(23,24)25)30-12(14)20-4-6(16)7-10(20)18-13(17)19-11(7)22;1-3-14(15)9(20)8(6(2)30-34(25,26)32-35(27,28)31-33(22,23)24)29-12(14)19-5-4-7-10(19)17-13(16)18-11(7)21;1-3-13(14)9(20)8(6(2)29-33(24,25)31-34(26,27)30-32(21,22)23)28-11(13)19-5-17-7-4-16-12(15)18-10(7)19/h1,4-5,8-9,12,21H,2H3,(H,26,27)(H,28,29)(H2,23,24,25)(H3,17,18,19,22);1,4-6,8-9,12,20H,2H3,(H,25,26)(H,27,28)(H2,22,23,24)(H3,16,17,18,21);1,4-6,8-9,11,20H,2H3,(H,24,25)(H,26,27)(H2,15,16,18)(H2,21,22,23)/t5-,8-,9+,12-,14?;6-,8-,9+,12-,14?;6-,8-,9+,11-,13?/m111/s1. The van der Waals surface area contributed by atoms with Gasteiger partial charge in [-0.05, 0) is 26.8 Å². The Hall–Kier alpha value is -4.74. The van der Waals surface area contributed by atoms with Crippen LogP contribution < -0.4 is 28.3 Å². The lowest BCUT2D eigenvalue weighted by molar-refractivity contribution is -0.0729. The van der Waals surface area contributed by atoms with E-state index in [0.29, 0.717) is 0 Å². The summed E-state index contributed by atoms with van der Waals surface area (Å²) in [6.07, 6.45) is 1.23. The van der Waals surface area contributed by atoms with E-state index >= 15 is 0 Å². The fraction of sp³-hybridized carbons (Fsp3) is 0.439. The zero-order valence-electron chi connectivity index (χ0n) is 51.5. The highest BCUT2D eigenvalue weighted by Crippen LogP contribution is 2.70. The molecule has 9 unspecified atom stereocenters. The number of anilines is 3. The molecule has 3 fully saturated rings. The van der Waals surface area contributed by atoms with E-state index in [1.54, 1.807) is 0 Å². The zero-order chi connectivity index (χ0) is 79.7. The third kappa shape index (κ3) is 20.5. The summed E-state index contributed by atoms with van der Waals surface area (Å²) in [6, 6.07) is 1.34. The number of hydrogen-bond donors (Lipinski definition) is 20. The van der Waals surface area contributed by atoms with E-state index in [4.69, 9.17) is 119 Å². The molecule has 9 rings (SSSR count). The number of fused-ring (bicyclic) bond motifs is 3. The number of hydrogen-bond acceptors (Lipinski definition) is 34. The van der Waals surface area contributed by atoms with E-state index in [-0.39, 0.29) is 39.7 Å². The van der Waals surface area contributed by atoms with Crippen LogP contribution >= 0.6 is 105 Å². The molecule has 51 nitrogen and oxygen atoms in total. The number of aliphatic hydroxyl groups is 3. The molecule has 0 aliphatic carbocycles. The highest BCUT2D eigenvalue weighted by molar-refractivity contribution is 7.68. The van der Waals surface area contributed by atoms with Gasteiger partial charge in [-0.2, -0.15) is 40.8 Å². The van der Waals surface area contributed by atoms with Crippen molar-refractivity contribution in [2.24, 2.45) is 0 Å². The number of alkyl halides is 3. The van der Waals surface area contributed by atoms with Crippen molar-refractivity contribution in [3.63, 3.8) is 0 Å². The largest absolute Gasteiger partial charge is 0.490 e. The molecule has 0 aromatic carbocycles. The third-order valence-corrected chi connectivity index (χ3v) is 27.0. The number of nitrogen functional groups attached to an aromatic ring is 3. The molecule has 9 heterocycles. The number of phosphoric ester groups is 3. The van der Waals surface area contributed by atoms with Crippen molar-refractivity contribution in [2.45, 2.75) is 109 Å². The average Bonchev–Trinajstić information content (AvgIpc) is 1.60. The molecule has 0 saturated carbocycles.